The van der Waals surface area contributed by atoms with Gasteiger partial charge in [-0.3, -0.25) is 0 Å². The van der Waals surface area contributed by atoms with E-state index < -0.39 is 5.97 Å². The molecule has 2 heterocycles. The van der Waals surface area contributed by atoms with Crippen LogP contribution in [0, 0.1) is 0 Å². The van der Waals surface area contributed by atoms with Gasteiger partial charge in [-0.1, -0.05) is 18.2 Å². The van der Waals surface area contributed by atoms with Crippen LogP contribution < -0.4 is 5.32 Å². The smallest absolute Gasteiger partial charge is 0.355 e. The molecule has 0 fully saturated rings. The van der Waals surface area contributed by atoms with Gasteiger partial charge in [0.2, 0.25) is 5.95 Å². The highest BCUT2D eigenvalue weighted by atomic mass is 32.1. The van der Waals surface area contributed by atoms with Gasteiger partial charge in [0.25, 0.3) is 0 Å². The number of hydrogen-bond acceptors (Lipinski definition) is 6. The number of benzene rings is 1. The van der Waals surface area contributed by atoms with E-state index in [9.17, 15) is 4.79 Å². The first-order valence-corrected chi connectivity index (χ1v) is 6.74. The quantitative estimate of drug-likeness (QED) is 0.765. The van der Waals surface area contributed by atoms with Crippen LogP contribution in [0.5, 0.6) is 0 Å². The molecule has 2 N–H and O–H groups in total. The van der Waals surface area contributed by atoms with Crippen LogP contribution in [0.4, 0.5) is 5.95 Å². The molecule has 6 nitrogen and oxygen atoms in total. The molecule has 100 valence electrons. The van der Waals surface area contributed by atoms with Gasteiger partial charge >= 0.3 is 5.97 Å². The molecule has 0 saturated heterocycles. The van der Waals surface area contributed by atoms with Crippen molar-refractivity contribution in [3.05, 3.63) is 46.5 Å². The lowest BCUT2D eigenvalue weighted by molar-refractivity contribution is 0.0691. The summed E-state index contributed by atoms with van der Waals surface area (Å²) < 4.78 is 0. The van der Waals surface area contributed by atoms with E-state index in [1.54, 1.807) is 6.20 Å². The SMILES string of the molecule is O=C(O)c1csc(CNc2ncc3ccccc3n2)n1. The van der Waals surface area contributed by atoms with Crippen LogP contribution in [-0.4, -0.2) is 26.0 Å². The highest BCUT2D eigenvalue weighted by Crippen LogP contribution is 2.14. The Morgan fingerprint density at radius 3 is 2.95 bits per heavy atom. The van der Waals surface area contributed by atoms with Crippen molar-refractivity contribution >= 4 is 34.2 Å². The van der Waals surface area contributed by atoms with Gasteiger partial charge in [0.15, 0.2) is 5.69 Å². The van der Waals surface area contributed by atoms with Crippen molar-refractivity contribution in [3.8, 4) is 0 Å². The Morgan fingerprint density at radius 1 is 1.30 bits per heavy atom. The van der Waals surface area contributed by atoms with Crippen molar-refractivity contribution in [1.82, 2.24) is 15.0 Å². The molecule has 0 aliphatic rings. The van der Waals surface area contributed by atoms with Gasteiger partial charge < -0.3 is 10.4 Å². The Labute approximate surface area is 118 Å². The van der Waals surface area contributed by atoms with Gasteiger partial charge in [-0.2, -0.15) is 0 Å². The molecule has 0 atom stereocenters. The molecular formula is C13H10N4O2S. The number of para-hydroxylation sites is 1. The maximum Gasteiger partial charge on any atom is 0.355 e. The number of carbonyl (C=O) groups is 1. The molecule has 3 rings (SSSR count). The average Bonchev–Trinajstić information content (AvgIpc) is 2.94. The molecule has 0 saturated carbocycles. The number of thiazole rings is 1. The van der Waals surface area contributed by atoms with Gasteiger partial charge in [-0.15, -0.1) is 11.3 Å². The van der Waals surface area contributed by atoms with Crippen LogP contribution in [0.15, 0.2) is 35.8 Å². The topological polar surface area (TPSA) is 88.0 Å². The lowest BCUT2D eigenvalue weighted by Crippen LogP contribution is -2.04. The van der Waals surface area contributed by atoms with Gasteiger partial charge in [0.1, 0.15) is 5.01 Å². The standard InChI is InChI=1S/C13H10N4O2S/c18-12(19)10-7-20-11(16-10)6-15-13-14-5-8-3-1-2-4-9(8)17-13/h1-5,7H,6H2,(H,18,19)(H,14,15,17). The number of anilines is 1. The summed E-state index contributed by atoms with van der Waals surface area (Å²) in [7, 11) is 0. The van der Waals surface area contributed by atoms with Crippen LogP contribution in [0.1, 0.15) is 15.5 Å². The van der Waals surface area contributed by atoms with E-state index >= 15 is 0 Å². The van der Waals surface area contributed by atoms with E-state index in [0.717, 1.165) is 10.9 Å². The van der Waals surface area contributed by atoms with Gasteiger partial charge in [0.05, 0.1) is 12.1 Å². The molecular weight excluding hydrogens is 276 g/mol. The second-order valence-electron chi connectivity index (χ2n) is 4.04. The third-order valence-corrected chi connectivity index (χ3v) is 3.51. The highest BCUT2D eigenvalue weighted by Gasteiger charge is 2.08. The minimum Gasteiger partial charge on any atom is -0.476 e. The summed E-state index contributed by atoms with van der Waals surface area (Å²) in [6.45, 7) is 0.399. The summed E-state index contributed by atoms with van der Waals surface area (Å²) in [4.78, 5) is 23.3. The van der Waals surface area contributed by atoms with Crippen LogP contribution in [0.3, 0.4) is 0 Å². The normalized spacial score (nSPS) is 10.6. The fourth-order valence-corrected chi connectivity index (χ4v) is 2.41. The Hall–Kier alpha value is -2.54. The molecule has 0 aliphatic carbocycles. The summed E-state index contributed by atoms with van der Waals surface area (Å²) in [6.07, 6.45) is 1.75. The Morgan fingerprint density at radius 2 is 2.15 bits per heavy atom. The van der Waals surface area contributed by atoms with Gasteiger partial charge in [-0.05, 0) is 6.07 Å². The zero-order chi connectivity index (χ0) is 13.9. The Balaban J connectivity index is 1.74. The molecule has 7 heteroatoms. The number of carboxylic acid groups (broad SMARTS) is 1. The van der Waals surface area contributed by atoms with E-state index in [0.29, 0.717) is 17.5 Å². The number of nitrogens with zero attached hydrogens (tertiary/aromatic N) is 3. The maximum absolute atomic E-state index is 10.7. The first kappa shape index (κ1) is 12.5. The molecule has 0 amide bonds. The minimum absolute atomic E-state index is 0.0613. The van der Waals surface area contributed by atoms with Crippen LogP contribution in [0.25, 0.3) is 10.9 Å². The third kappa shape index (κ3) is 2.57. The number of nitrogens with one attached hydrogen (secondary N) is 1. The number of hydrogen-bond donors (Lipinski definition) is 2. The second-order valence-corrected chi connectivity index (χ2v) is 4.98. The fraction of sp³-hybridized carbons (Fsp3) is 0.0769. The lowest BCUT2D eigenvalue weighted by Gasteiger charge is -2.03. The Bertz CT molecular complexity index is 772. The van der Waals surface area contributed by atoms with Gasteiger partial charge in [0, 0.05) is 17.0 Å². The first-order valence-electron chi connectivity index (χ1n) is 5.86. The summed E-state index contributed by atoms with van der Waals surface area (Å²) in [6, 6.07) is 7.70. The summed E-state index contributed by atoms with van der Waals surface area (Å²) in [5.41, 5.74) is 0.918. The molecule has 20 heavy (non-hydrogen) atoms. The fourth-order valence-electron chi connectivity index (χ4n) is 1.70. The van der Waals surface area contributed by atoms with E-state index in [1.807, 2.05) is 24.3 Å². The monoisotopic (exact) mass is 286 g/mol. The number of fused-ring (bicyclic) bond motifs is 1. The predicted molar refractivity (Wildman–Crippen MR) is 75.9 cm³/mol. The first-order chi connectivity index (χ1) is 9.72. The van der Waals surface area contributed by atoms with E-state index in [4.69, 9.17) is 5.11 Å². The van der Waals surface area contributed by atoms with Crippen molar-refractivity contribution < 1.29 is 9.90 Å². The maximum atomic E-state index is 10.7. The van der Waals surface area contributed by atoms with Crippen LogP contribution in [-0.2, 0) is 6.54 Å². The van der Waals surface area contributed by atoms with Crippen molar-refractivity contribution in [3.63, 3.8) is 0 Å². The molecule has 0 spiro atoms. The lowest BCUT2D eigenvalue weighted by atomic mass is 10.2. The number of carboxylic acids is 1. The third-order valence-electron chi connectivity index (χ3n) is 2.66. The highest BCUT2D eigenvalue weighted by molar-refractivity contribution is 7.09. The molecule has 0 unspecified atom stereocenters. The largest absolute Gasteiger partial charge is 0.476 e. The molecule has 0 radical (unpaired) electrons. The molecule has 3 aromatic rings. The van der Waals surface area contributed by atoms with Crippen LogP contribution >= 0.6 is 11.3 Å². The van der Waals surface area contributed by atoms with E-state index in [-0.39, 0.29) is 5.69 Å². The van der Waals surface area contributed by atoms with E-state index in [2.05, 4.69) is 20.3 Å². The molecule has 2 aromatic heterocycles. The Kier molecular flexibility index (Phi) is 3.26. The van der Waals surface area contributed by atoms with Crippen molar-refractivity contribution in [2.75, 3.05) is 5.32 Å². The number of aromatic carboxylic acids is 1. The predicted octanol–water partition coefficient (Wildman–Crippen LogP) is 2.40. The van der Waals surface area contributed by atoms with Gasteiger partial charge in [-0.25, -0.2) is 19.7 Å². The minimum atomic E-state index is -1.02. The van der Waals surface area contributed by atoms with Crippen molar-refractivity contribution in [2.45, 2.75) is 6.54 Å². The van der Waals surface area contributed by atoms with E-state index in [1.165, 1.54) is 16.7 Å². The molecule has 1 aromatic carbocycles. The summed E-state index contributed by atoms with van der Waals surface area (Å²) >= 11 is 1.29. The second kappa shape index (κ2) is 5.22. The van der Waals surface area contributed by atoms with Crippen LogP contribution in [0.2, 0.25) is 0 Å². The van der Waals surface area contributed by atoms with Crippen molar-refractivity contribution in [2.24, 2.45) is 0 Å². The number of rotatable bonds is 4. The molecule has 0 aliphatic heterocycles. The zero-order valence-corrected chi connectivity index (χ0v) is 11.1. The molecule has 0 bridgehead atoms. The zero-order valence-electron chi connectivity index (χ0n) is 10.3. The summed E-state index contributed by atoms with van der Waals surface area (Å²) in [5.74, 6) is -0.523. The summed E-state index contributed by atoms with van der Waals surface area (Å²) in [5, 5.41) is 15.0. The average molecular weight is 286 g/mol. The number of aromatic nitrogens is 3. The van der Waals surface area contributed by atoms with Crippen molar-refractivity contribution in [1.29, 1.82) is 0 Å².